The molecule has 2 rings (SSSR count). The standard InChI is InChI=1S/C15H23NO4S/c1-12-3-4-13(11-12)16-21(18,19)15-7-5-14(6-8-15)20-10-2-9-17/h5-8,12-13,16-17H,2-4,9-11H2,1H3. The molecule has 1 fully saturated rings. The number of nitrogens with one attached hydrogen (secondary N) is 1. The molecular weight excluding hydrogens is 290 g/mol. The molecule has 2 N–H and O–H groups in total. The van der Waals surface area contributed by atoms with E-state index >= 15 is 0 Å². The van der Waals surface area contributed by atoms with E-state index in [4.69, 9.17) is 9.84 Å². The fourth-order valence-corrected chi connectivity index (χ4v) is 3.85. The van der Waals surface area contributed by atoms with E-state index < -0.39 is 10.0 Å². The van der Waals surface area contributed by atoms with Gasteiger partial charge in [-0.3, -0.25) is 0 Å². The summed E-state index contributed by atoms with van der Waals surface area (Å²) in [6.07, 6.45) is 3.44. The van der Waals surface area contributed by atoms with Crippen molar-refractivity contribution in [3.8, 4) is 5.75 Å². The Morgan fingerprint density at radius 3 is 2.57 bits per heavy atom. The summed E-state index contributed by atoms with van der Waals surface area (Å²) >= 11 is 0. The second-order valence-corrected chi connectivity index (χ2v) is 7.35. The molecule has 1 aromatic carbocycles. The van der Waals surface area contributed by atoms with Crippen molar-refractivity contribution in [3.63, 3.8) is 0 Å². The average Bonchev–Trinajstić information content (AvgIpc) is 2.84. The normalized spacial score (nSPS) is 22.4. The van der Waals surface area contributed by atoms with Crippen molar-refractivity contribution in [2.24, 2.45) is 5.92 Å². The van der Waals surface area contributed by atoms with Crippen LogP contribution in [0.4, 0.5) is 0 Å². The van der Waals surface area contributed by atoms with E-state index in [1.807, 2.05) is 0 Å². The van der Waals surface area contributed by atoms with E-state index in [-0.39, 0.29) is 17.5 Å². The Balaban J connectivity index is 1.96. The van der Waals surface area contributed by atoms with E-state index in [1.165, 1.54) is 0 Å². The van der Waals surface area contributed by atoms with E-state index in [2.05, 4.69) is 11.6 Å². The molecule has 0 saturated heterocycles. The molecule has 1 aliphatic rings. The van der Waals surface area contributed by atoms with E-state index in [0.717, 1.165) is 19.3 Å². The number of aliphatic hydroxyl groups excluding tert-OH is 1. The average molecular weight is 313 g/mol. The van der Waals surface area contributed by atoms with Gasteiger partial charge >= 0.3 is 0 Å². The van der Waals surface area contributed by atoms with E-state index in [1.54, 1.807) is 24.3 Å². The number of hydrogen-bond acceptors (Lipinski definition) is 4. The molecule has 0 heterocycles. The number of rotatable bonds is 7. The molecule has 1 aliphatic carbocycles. The molecule has 0 aliphatic heterocycles. The lowest BCUT2D eigenvalue weighted by molar-refractivity contribution is 0.233. The summed E-state index contributed by atoms with van der Waals surface area (Å²) in [6.45, 7) is 2.64. The minimum Gasteiger partial charge on any atom is -0.494 e. The number of hydrogen-bond donors (Lipinski definition) is 2. The molecule has 118 valence electrons. The van der Waals surface area contributed by atoms with Crippen molar-refractivity contribution in [2.75, 3.05) is 13.2 Å². The molecule has 1 aromatic rings. The molecule has 0 bridgehead atoms. The predicted octanol–water partition coefficient (Wildman–Crippen LogP) is 1.91. The fourth-order valence-electron chi connectivity index (χ4n) is 2.57. The van der Waals surface area contributed by atoms with Crippen molar-refractivity contribution in [1.82, 2.24) is 4.72 Å². The quantitative estimate of drug-likeness (QED) is 0.754. The molecule has 0 radical (unpaired) electrons. The number of benzene rings is 1. The third kappa shape index (κ3) is 4.69. The van der Waals surface area contributed by atoms with Gasteiger partial charge in [-0.15, -0.1) is 0 Å². The summed E-state index contributed by atoms with van der Waals surface area (Å²) in [5, 5.41) is 8.68. The van der Waals surface area contributed by atoms with Crippen LogP contribution < -0.4 is 9.46 Å². The van der Waals surface area contributed by atoms with E-state index in [9.17, 15) is 8.42 Å². The Morgan fingerprint density at radius 1 is 1.29 bits per heavy atom. The first kappa shape index (κ1) is 16.3. The van der Waals surface area contributed by atoms with Crippen molar-refractivity contribution >= 4 is 10.0 Å². The third-order valence-electron chi connectivity index (χ3n) is 3.72. The lowest BCUT2D eigenvalue weighted by Crippen LogP contribution is -2.32. The molecule has 0 amide bonds. The second kappa shape index (κ2) is 7.24. The molecule has 1 saturated carbocycles. The second-order valence-electron chi connectivity index (χ2n) is 5.63. The molecule has 21 heavy (non-hydrogen) atoms. The van der Waals surface area contributed by atoms with Crippen LogP contribution in [-0.4, -0.2) is 32.8 Å². The minimum absolute atomic E-state index is 0.0467. The summed E-state index contributed by atoms with van der Waals surface area (Å²) in [5.74, 6) is 1.19. The van der Waals surface area contributed by atoms with Crippen molar-refractivity contribution in [3.05, 3.63) is 24.3 Å². The topological polar surface area (TPSA) is 75.6 Å². The Bertz CT molecular complexity index is 541. The monoisotopic (exact) mass is 313 g/mol. The third-order valence-corrected chi connectivity index (χ3v) is 5.26. The fraction of sp³-hybridized carbons (Fsp3) is 0.600. The molecular formula is C15H23NO4S. The number of aliphatic hydroxyl groups is 1. The van der Waals surface area contributed by atoms with Gasteiger partial charge in [-0.2, -0.15) is 0 Å². The lowest BCUT2D eigenvalue weighted by Gasteiger charge is -2.13. The van der Waals surface area contributed by atoms with Gasteiger partial charge in [0, 0.05) is 19.1 Å². The first-order chi connectivity index (χ1) is 10.0. The zero-order chi connectivity index (χ0) is 15.3. The van der Waals surface area contributed by atoms with E-state index in [0.29, 0.717) is 24.7 Å². The van der Waals surface area contributed by atoms with Crippen LogP contribution in [0.5, 0.6) is 5.75 Å². The summed E-state index contributed by atoms with van der Waals surface area (Å²) in [5.41, 5.74) is 0. The van der Waals surface area contributed by atoms with Crippen LogP contribution in [0.3, 0.4) is 0 Å². The Morgan fingerprint density at radius 2 is 2.00 bits per heavy atom. The first-order valence-electron chi connectivity index (χ1n) is 7.37. The lowest BCUT2D eigenvalue weighted by atomic mass is 10.1. The van der Waals surface area contributed by atoms with Crippen LogP contribution in [0.25, 0.3) is 0 Å². The Labute approximate surface area is 126 Å². The highest BCUT2D eigenvalue weighted by molar-refractivity contribution is 7.89. The van der Waals surface area contributed by atoms with Gasteiger partial charge in [0.05, 0.1) is 11.5 Å². The smallest absolute Gasteiger partial charge is 0.240 e. The van der Waals surface area contributed by atoms with Crippen LogP contribution in [0, 0.1) is 5.92 Å². The van der Waals surface area contributed by atoms with Crippen LogP contribution in [0.2, 0.25) is 0 Å². The molecule has 0 aromatic heterocycles. The van der Waals surface area contributed by atoms with Crippen LogP contribution in [0.15, 0.2) is 29.2 Å². The minimum atomic E-state index is -3.45. The highest BCUT2D eigenvalue weighted by Gasteiger charge is 2.26. The molecule has 5 nitrogen and oxygen atoms in total. The zero-order valence-electron chi connectivity index (χ0n) is 12.3. The molecule has 6 heteroatoms. The van der Waals surface area contributed by atoms with Gasteiger partial charge in [0.2, 0.25) is 10.0 Å². The van der Waals surface area contributed by atoms with Crippen LogP contribution in [-0.2, 0) is 10.0 Å². The van der Waals surface area contributed by atoms with Crippen molar-refractivity contribution in [1.29, 1.82) is 0 Å². The maximum absolute atomic E-state index is 12.3. The largest absolute Gasteiger partial charge is 0.494 e. The Hall–Kier alpha value is -1.11. The summed E-state index contributed by atoms with van der Waals surface area (Å²) < 4.78 is 32.7. The van der Waals surface area contributed by atoms with Gasteiger partial charge < -0.3 is 9.84 Å². The zero-order valence-corrected chi connectivity index (χ0v) is 13.1. The molecule has 2 atom stereocenters. The van der Waals surface area contributed by atoms with Crippen LogP contribution >= 0.6 is 0 Å². The number of ether oxygens (including phenoxy) is 1. The summed E-state index contributed by atoms with van der Waals surface area (Å²) in [4.78, 5) is 0.261. The molecule has 2 unspecified atom stereocenters. The van der Waals surface area contributed by atoms with Crippen molar-refractivity contribution in [2.45, 2.75) is 43.5 Å². The van der Waals surface area contributed by atoms with Gasteiger partial charge in [0.1, 0.15) is 5.75 Å². The van der Waals surface area contributed by atoms with Gasteiger partial charge in [0.25, 0.3) is 0 Å². The van der Waals surface area contributed by atoms with Gasteiger partial charge in [-0.05, 0) is 49.4 Å². The highest BCUT2D eigenvalue weighted by atomic mass is 32.2. The van der Waals surface area contributed by atoms with Gasteiger partial charge in [-0.1, -0.05) is 6.92 Å². The first-order valence-corrected chi connectivity index (χ1v) is 8.85. The van der Waals surface area contributed by atoms with Gasteiger partial charge in [-0.25, -0.2) is 13.1 Å². The highest BCUT2D eigenvalue weighted by Crippen LogP contribution is 2.26. The number of sulfonamides is 1. The Kier molecular flexibility index (Phi) is 5.61. The summed E-state index contributed by atoms with van der Waals surface area (Å²) in [6, 6.07) is 6.43. The SMILES string of the molecule is CC1CCC(NS(=O)(=O)c2ccc(OCCCO)cc2)C1. The van der Waals surface area contributed by atoms with Gasteiger partial charge in [0.15, 0.2) is 0 Å². The van der Waals surface area contributed by atoms with Crippen molar-refractivity contribution < 1.29 is 18.3 Å². The van der Waals surface area contributed by atoms with Crippen LogP contribution in [0.1, 0.15) is 32.6 Å². The molecule has 0 spiro atoms. The summed E-state index contributed by atoms with van der Waals surface area (Å²) in [7, 11) is -3.45. The predicted molar refractivity (Wildman–Crippen MR) is 80.8 cm³/mol. The maximum Gasteiger partial charge on any atom is 0.240 e. The maximum atomic E-state index is 12.3.